The second kappa shape index (κ2) is 11.7. The van der Waals surface area contributed by atoms with Gasteiger partial charge in [-0.1, -0.05) is 65.7 Å². The summed E-state index contributed by atoms with van der Waals surface area (Å²) in [5, 5.41) is 20.6. The Morgan fingerprint density at radius 2 is 1.66 bits per heavy atom. The molecule has 0 spiro atoms. The first-order valence-corrected chi connectivity index (χ1v) is 16.5. The fourth-order valence-electron chi connectivity index (χ4n) is 8.72. The molecular formula is C39H33N3O8. The molecule has 3 N–H and O–H groups in total. The Hall–Kier alpha value is -5.81. The third-order valence-corrected chi connectivity index (χ3v) is 10.9. The zero-order valence-electron chi connectivity index (χ0n) is 27.0. The normalized spacial score (nSPS) is 27.2. The van der Waals surface area contributed by atoms with E-state index in [0.29, 0.717) is 22.6 Å². The average molecular weight is 672 g/mol. The fraction of sp³-hybridized carbons (Fsp3) is 0.256. The molecule has 3 aromatic carbocycles. The fourth-order valence-corrected chi connectivity index (χ4v) is 8.72. The third-order valence-electron chi connectivity index (χ3n) is 10.9. The number of benzene rings is 3. The maximum Gasteiger partial charge on any atom is 0.335 e. The predicted molar refractivity (Wildman–Crippen MR) is 179 cm³/mol. The van der Waals surface area contributed by atoms with Crippen LogP contribution in [0.1, 0.15) is 51.8 Å². The van der Waals surface area contributed by atoms with Crippen LogP contribution in [0.4, 0.5) is 11.4 Å². The molecule has 2 aliphatic carbocycles. The molecule has 6 atom stereocenters. The van der Waals surface area contributed by atoms with Crippen LogP contribution in [0.5, 0.6) is 0 Å². The largest absolute Gasteiger partial charge is 0.478 e. The lowest BCUT2D eigenvalue weighted by Crippen LogP contribution is -2.53. The molecule has 2 aliphatic heterocycles. The van der Waals surface area contributed by atoms with Crippen molar-refractivity contribution in [1.29, 1.82) is 0 Å². The SMILES string of the molecule is Cc1ccc(NN2C(=O)C3CC4C(=CCC5C(=O)N(c6cccc(C(=O)O)c6)C(=O)C54)C(c4ccc(CO)o4)C3(c3ccccc3)C2=O)cc1. The molecule has 6 unspecified atom stereocenters. The lowest BCUT2D eigenvalue weighted by Gasteiger charge is -2.49. The maximum absolute atomic E-state index is 15.1. The van der Waals surface area contributed by atoms with Crippen LogP contribution < -0.4 is 10.3 Å². The van der Waals surface area contributed by atoms with E-state index in [2.05, 4.69) is 5.43 Å². The van der Waals surface area contributed by atoms with Gasteiger partial charge in [-0.3, -0.25) is 29.5 Å². The molecular weight excluding hydrogens is 638 g/mol. The summed E-state index contributed by atoms with van der Waals surface area (Å²) in [5.74, 6) is -6.46. The maximum atomic E-state index is 15.1. The molecule has 3 heterocycles. The van der Waals surface area contributed by atoms with Gasteiger partial charge >= 0.3 is 5.97 Å². The summed E-state index contributed by atoms with van der Waals surface area (Å²) in [4.78, 5) is 70.9. The molecule has 1 aromatic heterocycles. The molecule has 4 aliphatic rings. The van der Waals surface area contributed by atoms with E-state index >= 15 is 4.79 Å². The van der Waals surface area contributed by atoms with E-state index in [0.717, 1.165) is 15.5 Å². The summed E-state index contributed by atoms with van der Waals surface area (Å²) < 4.78 is 6.20. The van der Waals surface area contributed by atoms with E-state index in [1.807, 2.05) is 55.5 Å². The Bertz CT molecular complexity index is 2100. The van der Waals surface area contributed by atoms with E-state index in [1.165, 1.54) is 24.3 Å². The van der Waals surface area contributed by atoms with Gasteiger partial charge in [0, 0.05) is 0 Å². The first-order valence-electron chi connectivity index (χ1n) is 16.5. The topological polar surface area (TPSA) is 157 Å². The monoisotopic (exact) mass is 671 g/mol. The lowest BCUT2D eigenvalue weighted by molar-refractivity contribution is -0.138. The number of aryl methyl sites for hydroxylation is 1. The number of nitrogens with one attached hydrogen (secondary N) is 1. The summed E-state index contributed by atoms with van der Waals surface area (Å²) in [7, 11) is 0. The Labute approximate surface area is 286 Å². The molecule has 0 bridgehead atoms. The van der Waals surface area contributed by atoms with Gasteiger partial charge in [0.1, 0.15) is 23.5 Å². The minimum absolute atomic E-state index is 0.0594. The van der Waals surface area contributed by atoms with E-state index in [9.17, 15) is 29.4 Å². The van der Waals surface area contributed by atoms with Crippen molar-refractivity contribution < 1.29 is 38.6 Å². The van der Waals surface area contributed by atoms with Crippen molar-refractivity contribution in [2.24, 2.45) is 23.7 Å². The third kappa shape index (κ3) is 4.50. The van der Waals surface area contributed by atoms with E-state index in [1.54, 1.807) is 24.3 Å². The molecule has 8 rings (SSSR count). The molecule has 4 aromatic rings. The van der Waals surface area contributed by atoms with E-state index in [-0.39, 0.29) is 36.5 Å². The summed E-state index contributed by atoms with van der Waals surface area (Å²) >= 11 is 0. The van der Waals surface area contributed by atoms with Crippen LogP contribution in [-0.2, 0) is 31.2 Å². The van der Waals surface area contributed by atoms with Crippen molar-refractivity contribution in [1.82, 2.24) is 5.01 Å². The van der Waals surface area contributed by atoms with Crippen LogP contribution in [0, 0.1) is 30.6 Å². The number of rotatable bonds is 7. The van der Waals surface area contributed by atoms with Crippen molar-refractivity contribution in [3.8, 4) is 0 Å². The molecule has 0 radical (unpaired) electrons. The number of hydrogen-bond donors (Lipinski definition) is 3. The number of fused-ring (bicyclic) bond motifs is 4. The number of aliphatic hydroxyl groups excluding tert-OH is 1. The number of carboxylic acids is 1. The molecule has 11 nitrogen and oxygen atoms in total. The van der Waals surface area contributed by atoms with Gasteiger partial charge in [0.15, 0.2) is 0 Å². The number of aliphatic hydroxyl groups is 1. The highest BCUT2D eigenvalue weighted by Crippen LogP contribution is 2.64. The van der Waals surface area contributed by atoms with Crippen molar-refractivity contribution in [3.63, 3.8) is 0 Å². The van der Waals surface area contributed by atoms with Crippen LogP contribution in [0.15, 0.2) is 107 Å². The predicted octanol–water partition coefficient (Wildman–Crippen LogP) is 4.97. The minimum Gasteiger partial charge on any atom is -0.478 e. The Morgan fingerprint density at radius 1 is 0.900 bits per heavy atom. The number of aromatic carboxylic acids is 1. The van der Waals surface area contributed by atoms with Gasteiger partial charge < -0.3 is 14.6 Å². The Morgan fingerprint density at radius 3 is 2.36 bits per heavy atom. The van der Waals surface area contributed by atoms with Crippen LogP contribution in [0.3, 0.4) is 0 Å². The number of allylic oxidation sites excluding steroid dienone is 2. The summed E-state index contributed by atoms with van der Waals surface area (Å²) in [6.45, 7) is 1.55. The number of carbonyl (C=O) groups excluding carboxylic acids is 4. The number of hydrazine groups is 1. The Balaban J connectivity index is 1.29. The van der Waals surface area contributed by atoms with Gasteiger partial charge in [0.25, 0.3) is 11.8 Å². The number of hydrogen-bond acceptors (Lipinski definition) is 8. The van der Waals surface area contributed by atoms with Crippen molar-refractivity contribution in [2.75, 3.05) is 10.3 Å². The first-order chi connectivity index (χ1) is 24.1. The quantitative estimate of drug-likeness (QED) is 0.182. The number of carboxylic acid groups (broad SMARTS) is 1. The lowest BCUT2D eigenvalue weighted by atomic mass is 9.50. The smallest absolute Gasteiger partial charge is 0.335 e. The minimum atomic E-state index is -1.49. The van der Waals surface area contributed by atoms with Gasteiger partial charge in [-0.25, -0.2) is 4.79 Å². The van der Waals surface area contributed by atoms with Gasteiger partial charge in [-0.2, -0.15) is 5.01 Å². The van der Waals surface area contributed by atoms with E-state index in [4.69, 9.17) is 4.42 Å². The number of furan rings is 1. The molecule has 11 heteroatoms. The average Bonchev–Trinajstić information content (AvgIpc) is 3.77. The number of carbonyl (C=O) groups is 5. The van der Waals surface area contributed by atoms with Crippen molar-refractivity contribution in [2.45, 2.75) is 37.7 Å². The number of imide groups is 2. The van der Waals surface area contributed by atoms with Crippen molar-refractivity contribution >= 4 is 41.0 Å². The molecule has 252 valence electrons. The summed E-state index contributed by atoms with van der Waals surface area (Å²) in [5.41, 5.74) is 4.55. The number of amides is 4. The zero-order chi connectivity index (χ0) is 34.9. The summed E-state index contributed by atoms with van der Waals surface area (Å²) in [6, 6.07) is 25.5. The molecule has 1 saturated carbocycles. The van der Waals surface area contributed by atoms with Gasteiger partial charge in [-0.15, -0.1) is 0 Å². The summed E-state index contributed by atoms with van der Waals surface area (Å²) in [6.07, 6.45) is 2.21. The highest BCUT2D eigenvalue weighted by atomic mass is 16.4. The van der Waals surface area contributed by atoms with Gasteiger partial charge in [0.2, 0.25) is 11.8 Å². The molecule has 3 fully saturated rings. The van der Waals surface area contributed by atoms with Crippen molar-refractivity contribution in [3.05, 3.63) is 131 Å². The van der Waals surface area contributed by atoms with Crippen LogP contribution >= 0.6 is 0 Å². The second-order valence-corrected chi connectivity index (χ2v) is 13.4. The van der Waals surface area contributed by atoms with Crippen LogP contribution in [0.25, 0.3) is 0 Å². The van der Waals surface area contributed by atoms with E-state index < -0.39 is 64.6 Å². The first kappa shape index (κ1) is 31.5. The van der Waals surface area contributed by atoms with Gasteiger partial charge in [0.05, 0.1) is 40.6 Å². The number of anilines is 2. The van der Waals surface area contributed by atoms with Crippen LogP contribution in [0.2, 0.25) is 0 Å². The second-order valence-electron chi connectivity index (χ2n) is 13.4. The Kier molecular flexibility index (Phi) is 7.34. The molecule has 2 saturated heterocycles. The van der Waals surface area contributed by atoms with Crippen LogP contribution in [-0.4, -0.2) is 44.8 Å². The van der Waals surface area contributed by atoms with Gasteiger partial charge in [-0.05, 0) is 73.7 Å². The number of nitrogens with zero attached hydrogens (tertiary/aromatic N) is 2. The highest BCUT2D eigenvalue weighted by molar-refractivity contribution is 6.23. The standard InChI is InChI=1S/C39H33N3O8/c1-21-10-12-24(13-11-21)40-42-35(45)30-19-29-27(15-16-28-32(29)36(46)41(34(28)44)25-9-5-6-22(18-25)37(47)48)33(31-17-14-26(20-43)50-31)39(30,38(42)49)23-7-3-2-4-8-23/h2-15,17-18,28-30,32-33,40,43H,16,19-20H2,1H3,(H,47,48). The highest BCUT2D eigenvalue weighted by Gasteiger charge is 2.71. The zero-order valence-corrected chi connectivity index (χ0v) is 27.0. The molecule has 4 amide bonds. The molecule has 50 heavy (non-hydrogen) atoms.